The third kappa shape index (κ3) is 1.83. The van der Waals surface area contributed by atoms with Gasteiger partial charge in [0.25, 0.3) is 5.90 Å². The summed E-state index contributed by atoms with van der Waals surface area (Å²) >= 11 is 3.22. The summed E-state index contributed by atoms with van der Waals surface area (Å²) in [5.74, 6) is 0.497. The van der Waals surface area contributed by atoms with Crippen molar-refractivity contribution in [3.05, 3.63) is 22.6 Å². The fourth-order valence-corrected chi connectivity index (χ4v) is 1.05. The van der Waals surface area contributed by atoms with Crippen LogP contribution in [0.2, 0.25) is 0 Å². The summed E-state index contributed by atoms with van der Waals surface area (Å²) in [6.07, 6.45) is 1.51. The lowest BCUT2D eigenvalue weighted by Crippen LogP contribution is -2.03. The molecule has 0 aromatic carbocycles. The van der Waals surface area contributed by atoms with Gasteiger partial charge in [0.2, 0.25) is 5.76 Å². The second kappa shape index (κ2) is 3.57. The van der Waals surface area contributed by atoms with Crippen LogP contribution in [0.5, 0.6) is 0 Å². The minimum atomic E-state index is 0.0596. The summed E-state index contributed by atoms with van der Waals surface area (Å²) in [7, 11) is 0. The number of rotatable bonds is 2. The average molecular weight is 218 g/mol. The lowest BCUT2D eigenvalue weighted by molar-refractivity contribution is 0.315. The van der Waals surface area contributed by atoms with E-state index in [0.717, 1.165) is 4.47 Å². The third-order valence-electron chi connectivity index (χ3n) is 1.11. The Labute approximate surface area is 73.0 Å². The molecule has 1 N–H and O–H groups in total. The fourth-order valence-electron chi connectivity index (χ4n) is 0.666. The summed E-state index contributed by atoms with van der Waals surface area (Å²) in [6.45, 7) is 2.30. The van der Waals surface area contributed by atoms with Gasteiger partial charge in [-0.3, -0.25) is 5.41 Å². The Balaban J connectivity index is 2.76. The molecule has 1 aromatic heterocycles. The first-order valence-corrected chi connectivity index (χ1v) is 3.99. The molecule has 1 rings (SSSR count). The minimum absolute atomic E-state index is 0.0596. The Hall–Kier alpha value is -0.770. The molecule has 0 saturated carbocycles. The van der Waals surface area contributed by atoms with Crippen molar-refractivity contribution in [2.24, 2.45) is 0 Å². The molecule has 0 unspecified atom stereocenters. The molecule has 0 aliphatic rings. The first-order chi connectivity index (χ1) is 5.25. The number of furan rings is 1. The van der Waals surface area contributed by atoms with Gasteiger partial charge in [0.05, 0.1) is 17.3 Å². The summed E-state index contributed by atoms with van der Waals surface area (Å²) < 4.78 is 10.7. The minimum Gasteiger partial charge on any atom is -0.476 e. The Morgan fingerprint density at radius 2 is 2.55 bits per heavy atom. The predicted octanol–water partition coefficient (Wildman–Crippen LogP) is 2.40. The normalized spacial score (nSPS) is 9.64. The van der Waals surface area contributed by atoms with Gasteiger partial charge in [-0.1, -0.05) is 0 Å². The number of halogens is 1. The molecule has 0 aliphatic carbocycles. The third-order valence-corrected chi connectivity index (χ3v) is 1.74. The van der Waals surface area contributed by atoms with E-state index in [1.165, 1.54) is 6.26 Å². The van der Waals surface area contributed by atoms with E-state index in [1.807, 2.05) is 6.92 Å². The topological polar surface area (TPSA) is 46.2 Å². The van der Waals surface area contributed by atoms with Crippen molar-refractivity contribution >= 4 is 21.8 Å². The Morgan fingerprint density at radius 3 is 3.00 bits per heavy atom. The highest BCUT2D eigenvalue weighted by Crippen LogP contribution is 2.17. The summed E-state index contributed by atoms with van der Waals surface area (Å²) in [6, 6.07) is 1.73. The molecule has 0 spiro atoms. The Morgan fingerprint density at radius 1 is 1.82 bits per heavy atom. The van der Waals surface area contributed by atoms with Crippen LogP contribution in [0.4, 0.5) is 0 Å². The molecule has 1 aromatic rings. The van der Waals surface area contributed by atoms with Crippen molar-refractivity contribution in [1.29, 1.82) is 5.41 Å². The van der Waals surface area contributed by atoms with E-state index in [2.05, 4.69) is 15.9 Å². The van der Waals surface area contributed by atoms with Gasteiger partial charge >= 0.3 is 0 Å². The van der Waals surface area contributed by atoms with Crippen molar-refractivity contribution in [1.82, 2.24) is 0 Å². The standard InChI is InChI=1S/C7H8BrNO2/c1-2-10-7(9)6-5(8)3-4-11-6/h3-4,9H,2H2,1H3. The summed E-state index contributed by atoms with van der Waals surface area (Å²) in [5, 5.41) is 7.34. The Bertz CT molecular complexity index is 257. The lowest BCUT2D eigenvalue weighted by Gasteiger charge is -2.00. The number of nitrogens with one attached hydrogen (secondary N) is 1. The second-order valence-electron chi connectivity index (χ2n) is 1.86. The van der Waals surface area contributed by atoms with Gasteiger partial charge < -0.3 is 9.15 Å². The SMILES string of the molecule is CCOC(=N)c1occc1Br. The maximum absolute atomic E-state index is 7.34. The van der Waals surface area contributed by atoms with Crippen molar-refractivity contribution < 1.29 is 9.15 Å². The van der Waals surface area contributed by atoms with Crippen LogP contribution in [-0.4, -0.2) is 12.5 Å². The Kier molecular flexibility index (Phi) is 2.70. The number of ether oxygens (including phenoxy) is 1. The average Bonchev–Trinajstić information content (AvgIpc) is 2.36. The van der Waals surface area contributed by atoms with E-state index in [4.69, 9.17) is 14.6 Å². The van der Waals surface area contributed by atoms with Gasteiger partial charge in [-0.05, 0) is 28.9 Å². The highest BCUT2D eigenvalue weighted by Gasteiger charge is 2.09. The summed E-state index contributed by atoms with van der Waals surface area (Å²) in [5.41, 5.74) is 0. The number of hydrogen-bond donors (Lipinski definition) is 1. The molecule has 3 nitrogen and oxygen atoms in total. The smallest absolute Gasteiger partial charge is 0.251 e. The van der Waals surface area contributed by atoms with Gasteiger partial charge in [0.15, 0.2) is 0 Å². The summed E-state index contributed by atoms with van der Waals surface area (Å²) in [4.78, 5) is 0. The molecule has 0 saturated heterocycles. The van der Waals surface area contributed by atoms with Gasteiger partial charge in [-0.15, -0.1) is 0 Å². The van der Waals surface area contributed by atoms with E-state index in [9.17, 15) is 0 Å². The van der Waals surface area contributed by atoms with Crippen molar-refractivity contribution in [2.75, 3.05) is 6.61 Å². The quantitative estimate of drug-likeness (QED) is 0.611. The molecule has 1 heterocycles. The first kappa shape index (κ1) is 8.33. The molecular weight excluding hydrogens is 210 g/mol. The molecule has 0 fully saturated rings. The van der Waals surface area contributed by atoms with E-state index < -0.39 is 0 Å². The van der Waals surface area contributed by atoms with Crippen LogP contribution in [-0.2, 0) is 4.74 Å². The van der Waals surface area contributed by atoms with Gasteiger partial charge in [-0.2, -0.15) is 0 Å². The fraction of sp³-hybridized carbons (Fsp3) is 0.286. The largest absolute Gasteiger partial charge is 0.476 e. The maximum atomic E-state index is 7.34. The van der Waals surface area contributed by atoms with Gasteiger partial charge in [0.1, 0.15) is 0 Å². The van der Waals surface area contributed by atoms with Crippen molar-refractivity contribution in [3.63, 3.8) is 0 Å². The van der Waals surface area contributed by atoms with Gasteiger partial charge in [-0.25, -0.2) is 0 Å². The molecule has 0 bridgehead atoms. The van der Waals surface area contributed by atoms with E-state index in [1.54, 1.807) is 6.07 Å². The van der Waals surface area contributed by atoms with E-state index in [0.29, 0.717) is 12.4 Å². The lowest BCUT2D eigenvalue weighted by atomic mass is 10.4. The van der Waals surface area contributed by atoms with E-state index in [-0.39, 0.29) is 5.90 Å². The predicted molar refractivity (Wildman–Crippen MR) is 44.9 cm³/mol. The van der Waals surface area contributed by atoms with Crippen LogP contribution < -0.4 is 0 Å². The monoisotopic (exact) mass is 217 g/mol. The maximum Gasteiger partial charge on any atom is 0.251 e. The molecule has 0 aliphatic heterocycles. The molecule has 0 atom stereocenters. The molecule has 0 amide bonds. The first-order valence-electron chi connectivity index (χ1n) is 3.20. The van der Waals surface area contributed by atoms with Crippen LogP contribution >= 0.6 is 15.9 Å². The van der Waals surface area contributed by atoms with Crippen LogP contribution in [0, 0.1) is 5.41 Å². The molecule has 0 radical (unpaired) electrons. The molecular formula is C7H8BrNO2. The van der Waals surface area contributed by atoms with Crippen LogP contribution in [0.25, 0.3) is 0 Å². The van der Waals surface area contributed by atoms with Crippen LogP contribution in [0.1, 0.15) is 12.7 Å². The van der Waals surface area contributed by atoms with Crippen molar-refractivity contribution in [3.8, 4) is 0 Å². The highest BCUT2D eigenvalue weighted by molar-refractivity contribution is 9.10. The zero-order valence-corrected chi connectivity index (χ0v) is 7.64. The van der Waals surface area contributed by atoms with Crippen LogP contribution in [0.3, 0.4) is 0 Å². The van der Waals surface area contributed by atoms with Crippen LogP contribution in [0.15, 0.2) is 21.2 Å². The number of hydrogen-bond acceptors (Lipinski definition) is 3. The van der Waals surface area contributed by atoms with Crippen molar-refractivity contribution in [2.45, 2.75) is 6.92 Å². The zero-order chi connectivity index (χ0) is 8.27. The zero-order valence-electron chi connectivity index (χ0n) is 6.06. The van der Waals surface area contributed by atoms with E-state index >= 15 is 0 Å². The van der Waals surface area contributed by atoms with Gasteiger partial charge in [0, 0.05) is 0 Å². The molecule has 60 valence electrons. The highest BCUT2D eigenvalue weighted by atomic mass is 79.9. The molecule has 4 heteroatoms. The molecule has 11 heavy (non-hydrogen) atoms. The second-order valence-corrected chi connectivity index (χ2v) is 2.71.